The number of carbonyl (C=O) groups excluding carboxylic acids is 1. The molecule has 0 atom stereocenters. The highest BCUT2D eigenvalue weighted by molar-refractivity contribution is 7.81. The Morgan fingerprint density at radius 2 is 1.81 bits per heavy atom. The summed E-state index contributed by atoms with van der Waals surface area (Å²) < 4.78 is 9.41. The summed E-state index contributed by atoms with van der Waals surface area (Å²) in [4.78, 5) is 10.7. The molecule has 0 aliphatic rings. The number of carbonyl (C=O) groups is 1. The number of thiol groups is 1. The first kappa shape index (κ1) is 18.6. The zero-order chi connectivity index (χ0) is 12.8. The molecule has 0 heterocycles. The van der Waals surface area contributed by atoms with E-state index in [4.69, 9.17) is 4.74 Å². The summed E-state index contributed by atoms with van der Waals surface area (Å²) in [6.07, 6.45) is 4.63. The van der Waals surface area contributed by atoms with Crippen molar-refractivity contribution in [3.05, 3.63) is 0 Å². The van der Waals surface area contributed by atoms with Crippen LogP contribution in [-0.4, -0.2) is 39.3 Å². The van der Waals surface area contributed by atoms with Crippen LogP contribution in [0, 0.1) is 5.92 Å². The van der Waals surface area contributed by atoms with Crippen LogP contribution in [0.1, 0.15) is 39.5 Å². The van der Waals surface area contributed by atoms with Crippen molar-refractivity contribution in [1.82, 2.24) is 0 Å². The molecular weight excluding hydrogens is 256 g/mol. The zero-order valence-corrected chi connectivity index (χ0v) is 15.9. The zero-order valence-electron chi connectivity index (χ0n) is 11.0. The standard InChI is InChI=1S/C10H20O2S.H6OSi2/c1-9(2)6-4-3-5-7-12-10(11)8-13;2-1-3/h9,13H,3-8H2,1-2H3;2-3H3. The molecule has 0 fully saturated rings. The Balaban J connectivity index is 0. The summed E-state index contributed by atoms with van der Waals surface area (Å²) in [6.45, 7) is 5.00. The molecule has 98 valence electrons. The quantitative estimate of drug-likeness (QED) is 0.314. The van der Waals surface area contributed by atoms with E-state index >= 15 is 0 Å². The number of rotatable bonds is 7. The van der Waals surface area contributed by atoms with Crippen LogP contribution in [-0.2, 0) is 13.6 Å². The molecule has 0 N–H and O–H groups in total. The molecule has 0 saturated heterocycles. The van der Waals surface area contributed by atoms with Crippen LogP contribution in [0.2, 0.25) is 0 Å². The second-order valence-electron chi connectivity index (χ2n) is 4.03. The molecular formula is C10H26O3SSi2. The van der Waals surface area contributed by atoms with Crippen molar-refractivity contribution < 1.29 is 13.6 Å². The lowest BCUT2D eigenvalue weighted by Crippen LogP contribution is -2.06. The molecule has 0 bridgehead atoms. The molecule has 16 heavy (non-hydrogen) atoms. The van der Waals surface area contributed by atoms with E-state index in [-0.39, 0.29) is 11.7 Å². The van der Waals surface area contributed by atoms with Crippen molar-refractivity contribution in [3.63, 3.8) is 0 Å². The maximum absolute atomic E-state index is 10.7. The lowest BCUT2D eigenvalue weighted by Gasteiger charge is -2.04. The molecule has 0 radical (unpaired) electrons. The van der Waals surface area contributed by atoms with E-state index in [0.29, 0.717) is 6.61 Å². The molecule has 0 spiro atoms. The van der Waals surface area contributed by atoms with Gasteiger partial charge >= 0.3 is 5.97 Å². The molecule has 3 nitrogen and oxygen atoms in total. The molecule has 0 aromatic rings. The lowest BCUT2D eigenvalue weighted by molar-refractivity contribution is -0.140. The van der Waals surface area contributed by atoms with Crippen LogP contribution in [0.5, 0.6) is 0 Å². The fraction of sp³-hybridized carbons (Fsp3) is 0.900. The maximum Gasteiger partial charge on any atom is 0.315 e. The largest absolute Gasteiger partial charge is 0.471 e. The van der Waals surface area contributed by atoms with Crippen LogP contribution < -0.4 is 0 Å². The third kappa shape index (κ3) is 19.7. The van der Waals surface area contributed by atoms with E-state index in [0.717, 1.165) is 39.7 Å². The fourth-order valence-corrected chi connectivity index (χ4v) is 1.15. The first-order chi connectivity index (χ1) is 7.58. The SMILES string of the molecule is CC(C)CCCCCOC(=O)CS.[SiH3]O[SiH3]. The molecule has 0 aromatic carbocycles. The fourth-order valence-electron chi connectivity index (χ4n) is 1.06. The van der Waals surface area contributed by atoms with Gasteiger partial charge in [-0.05, 0) is 12.3 Å². The van der Waals surface area contributed by atoms with Gasteiger partial charge in [0.05, 0.1) is 12.4 Å². The van der Waals surface area contributed by atoms with Gasteiger partial charge in [0.15, 0.2) is 0 Å². The predicted octanol–water partition coefficient (Wildman–Crippen LogP) is 0.240. The van der Waals surface area contributed by atoms with Crippen molar-refractivity contribution in [1.29, 1.82) is 0 Å². The molecule has 0 aromatic heterocycles. The Kier molecular flexibility index (Phi) is 17.7. The van der Waals surface area contributed by atoms with E-state index in [9.17, 15) is 4.79 Å². The molecule has 6 heteroatoms. The summed E-state index contributed by atoms with van der Waals surface area (Å²) in [6, 6.07) is 0. The number of esters is 1. The van der Waals surface area contributed by atoms with Gasteiger partial charge in [0.2, 0.25) is 0 Å². The van der Waals surface area contributed by atoms with Gasteiger partial charge in [-0.2, -0.15) is 12.6 Å². The van der Waals surface area contributed by atoms with E-state index in [1.54, 1.807) is 0 Å². The van der Waals surface area contributed by atoms with E-state index in [1.807, 2.05) is 0 Å². The molecule has 0 rings (SSSR count). The topological polar surface area (TPSA) is 35.5 Å². The summed E-state index contributed by atoms with van der Waals surface area (Å²) in [5.74, 6) is 0.749. The highest BCUT2D eigenvalue weighted by atomic mass is 32.1. The highest BCUT2D eigenvalue weighted by Gasteiger charge is 1.98. The van der Waals surface area contributed by atoms with Gasteiger partial charge in [0.25, 0.3) is 0 Å². The maximum atomic E-state index is 10.7. The van der Waals surface area contributed by atoms with Crippen molar-refractivity contribution in [2.45, 2.75) is 39.5 Å². The first-order valence-electron chi connectivity index (χ1n) is 5.75. The summed E-state index contributed by atoms with van der Waals surface area (Å²) >= 11 is 3.81. The summed E-state index contributed by atoms with van der Waals surface area (Å²) in [7, 11) is 1.86. The second kappa shape index (κ2) is 15.2. The van der Waals surface area contributed by atoms with Crippen molar-refractivity contribution >= 4 is 39.6 Å². The Hall–Kier alpha value is 0.214. The van der Waals surface area contributed by atoms with Gasteiger partial charge in [-0.15, -0.1) is 0 Å². The molecule has 0 amide bonds. The number of unbranched alkanes of at least 4 members (excludes halogenated alkanes) is 2. The molecule has 0 unspecified atom stereocenters. The normalized spacial score (nSPS) is 10.0. The third-order valence-electron chi connectivity index (χ3n) is 1.82. The molecule has 0 aliphatic carbocycles. The van der Waals surface area contributed by atoms with Gasteiger partial charge in [-0.1, -0.05) is 33.1 Å². The minimum atomic E-state index is -0.216. The minimum Gasteiger partial charge on any atom is -0.471 e. The van der Waals surface area contributed by atoms with E-state index in [2.05, 4.69) is 30.6 Å². The van der Waals surface area contributed by atoms with Gasteiger partial charge < -0.3 is 8.85 Å². The lowest BCUT2D eigenvalue weighted by atomic mass is 10.1. The van der Waals surface area contributed by atoms with Gasteiger partial charge in [0.1, 0.15) is 21.0 Å². The number of ether oxygens (including phenoxy) is 1. The van der Waals surface area contributed by atoms with Gasteiger partial charge in [-0.3, -0.25) is 4.79 Å². The van der Waals surface area contributed by atoms with Crippen LogP contribution in [0.25, 0.3) is 0 Å². The van der Waals surface area contributed by atoms with Crippen molar-refractivity contribution in [2.75, 3.05) is 12.4 Å². The predicted molar refractivity (Wildman–Crippen MR) is 79.1 cm³/mol. The summed E-state index contributed by atoms with van der Waals surface area (Å²) in [5.41, 5.74) is 0. The monoisotopic (exact) mass is 282 g/mol. The Labute approximate surface area is 111 Å². The number of hydrogen-bond donors (Lipinski definition) is 1. The van der Waals surface area contributed by atoms with Crippen LogP contribution >= 0.6 is 12.6 Å². The first-order valence-corrected chi connectivity index (χ1v) is 8.01. The Morgan fingerprint density at radius 1 is 1.25 bits per heavy atom. The number of hydrogen-bond acceptors (Lipinski definition) is 4. The van der Waals surface area contributed by atoms with Crippen molar-refractivity contribution in [3.8, 4) is 0 Å². The highest BCUT2D eigenvalue weighted by Crippen LogP contribution is 2.07. The Morgan fingerprint density at radius 3 is 2.25 bits per heavy atom. The summed E-state index contributed by atoms with van der Waals surface area (Å²) in [5, 5.41) is 0. The third-order valence-corrected chi connectivity index (χ3v) is 2.08. The second-order valence-corrected chi connectivity index (χ2v) is 7.61. The van der Waals surface area contributed by atoms with E-state index in [1.165, 1.54) is 12.8 Å². The van der Waals surface area contributed by atoms with Gasteiger partial charge in [-0.25, -0.2) is 0 Å². The van der Waals surface area contributed by atoms with Crippen LogP contribution in [0.4, 0.5) is 0 Å². The average Bonchev–Trinajstić information content (AvgIpc) is 2.23. The van der Waals surface area contributed by atoms with Crippen LogP contribution in [0.3, 0.4) is 0 Å². The van der Waals surface area contributed by atoms with Crippen molar-refractivity contribution in [2.24, 2.45) is 5.92 Å². The Bertz CT molecular complexity index is 157. The van der Waals surface area contributed by atoms with Gasteiger partial charge in [0, 0.05) is 0 Å². The minimum absolute atomic E-state index is 0.187. The molecule has 0 aliphatic heterocycles. The molecule has 0 saturated carbocycles. The van der Waals surface area contributed by atoms with Crippen LogP contribution in [0.15, 0.2) is 0 Å². The van der Waals surface area contributed by atoms with E-state index < -0.39 is 0 Å². The smallest absolute Gasteiger partial charge is 0.315 e. The average molecular weight is 283 g/mol.